The van der Waals surface area contributed by atoms with Crippen LogP contribution >= 0.6 is 0 Å². The average Bonchev–Trinajstić information content (AvgIpc) is 3.30. The van der Waals surface area contributed by atoms with Gasteiger partial charge in [-0.05, 0) is 30.9 Å². The van der Waals surface area contributed by atoms with Gasteiger partial charge in [-0.2, -0.15) is 0 Å². The second-order valence-corrected chi connectivity index (χ2v) is 4.94. The topological polar surface area (TPSA) is 111 Å². The number of rotatable bonds is 5. The number of carboxylic acid groups (broad SMARTS) is 1. The third-order valence-electron chi connectivity index (χ3n) is 3.17. The molecular formula is C14H14N4O3. The predicted octanol–water partition coefficient (Wildman–Crippen LogP) is 1.61. The van der Waals surface area contributed by atoms with E-state index in [4.69, 9.17) is 15.6 Å². The molecular weight excluding hydrogens is 272 g/mol. The first-order valence-electron chi connectivity index (χ1n) is 6.58. The average molecular weight is 286 g/mol. The van der Waals surface area contributed by atoms with Crippen molar-refractivity contribution >= 4 is 11.7 Å². The molecule has 7 nitrogen and oxygen atoms in total. The summed E-state index contributed by atoms with van der Waals surface area (Å²) in [6, 6.07) is 3.10. The number of carboxylic acids is 1. The summed E-state index contributed by atoms with van der Waals surface area (Å²) in [6.45, 7) is 0.633. The summed E-state index contributed by atoms with van der Waals surface area (Å²) in [5.74, 6) is -0.151. The van der Waals surface area contributed by atoms with E-state index in [1.807, 2.05) is 0 Å². The van der Waals surface area contributed by atoms with E-state index in [-0.39, 0.29) is 11.4 Å². The van der Waals surface area contributed by atoms with Crippen molar-refractivity contribution < 1.29 is 14.6 Å². The summed E-state index contributed by atoms with van der Waals surface area (Å²) in [4.78, 5) is 23.4. The molecule has 0 bridgehead atoms. The number of aromatic carboxylic acids is 1. The third-order valence-corrected chi connectivity index (χ3v) is 3.17. The minimum atomic E-state index is -1.18. The smallest absolute Gasteiger partial charge is 0.356 e. The molecule has 2 aromatic rings. The van der Waals surface area contributed by atoms with Crippen LogP contribution < -0.4 is 10.5 Å². The van der Waals surface area contributed by atoms with Crippen LogP contribution in [0.25, 0.3) is 11.4 Å². The minimum Gasteiger partial charge on any atom is -0.476 e. The molecule has 21 heavy (non-hydrogen) atoms. The van der Waals surface area contributed by atoms with Crippen LogP contribution in [-0.2, 0) is 0 Å². The summed E-state index contributed by atoms with van der Waals surface area (Å²) in [6.07, 6.45) is 5.42. The standard InChI is InChI=1S/C14H14N4O3/c15-9-3-4-10(18-13(9)14(19)20)11-5-16-6-12(17-11)21-7-8-1-2-8/h3-6,8H,1-2,7,15H2,(H,19,20). The maximum atomic E-state index is 11.1. The Bertz CT molecular complexity index is 686. The van der Waals surface area contributed by atoms with E-state index in [0.29, 0.717) is 29.8 Å². The molecule has 0 unspecified atom stereocenters. The maximum absolute atomic E-state index is 11.1. The molecule has 3 rings (SSSR count). The number of ether oxygens (including phenoxy) is 1. The number of carbonyl (C=O) groups is 1. The fraction of sp³-hybridized carbons (Fsp3) is 0.286. The zero-order valence-corrected chi connectivity index (χ0v) is 11.2. The van der Waals surface area contributed by atoms with Crippen LogP contribution in [0.15, 0.2) is 24.5 Å². The van der Waals surface area contributed by atoms with Gasteiger partial charge < -0.3 is 15.6 Å². The van der Waals surface area contributed by atoms with Gasteiger partial charge in [-0.3, -0.25) is 4.98 Å². The lowest BCUT2D eigenvalue weighted by Crippen LogP contribution is -2.07. The molecule has 0 radical (unpaired) electrons. The Hall–Kier alpha value is -2.70. The molecule has 2 aromatic heterocycles. The van der Waals surface area contributed by atoms with Crippen molar-refractivity contribution in [3.05, 3.63) is 30.2 Å². The van der Waals surface area contributed by atoms with Gasteiger partial charge in [-0.25, -0.2) is 14.8 Å². The minimum absolute atomic E-state index is 0.111. The second kappa shape index (κ2) is 5.35. The van der Waals surface area contributed by atoms with Gasteiger partial charge in [0.25, 0.3) is 0 Å². The van der Waals surface area contributed by atoms with Gasteiger partial charge in [0.1, 0.15) is 5.69 Å². The molecule has 0 spiro atoms. The number of hydrogen-bond acceptors (Lipinski definition) is 6. The molecule has 0 saturated heterocycles. The Morgan fingerprint density at radius 3 is 2.81 bits per heavy atom. The molecule has 1 fully saturated rings. The van der Waals surface area contributed by atoms with Crippen molar-refractivity contribution in [2.24, 2.45) is 5.92 Å². The van der Waals surface area contributed by atoms with E-state index in [0.717, 1.165) is 0 Å². The fourth-order valence-electron chi connectivity index (χ4n) is 1.81. The van der Waals surface area contributed by atoms with Crippen LogP contribution in [0, 0.1) is 5.92 Å². The quantitative estimate of drug-likeness (QED) is 0.858. The first-order chi connectivity index (χ1) is 10.1. The van der Waals surface area contributed by atoms with Crippen LogP contribution in [0.4, 0.5) is 5.69 Å². The monoisotopic (exact) mass is 286 g/mol. The van der Waals surface area contributed by atoms with Gasteiger partial charge in [-0.1, -0.05) is 0 Å². The molecule has 0 aliphatic heterocycles. The molecule has 0 amide bonds. The number of anilines is 1. The van der Waals surface area contributed by atoms with Crippen molar-refractivity contribution in [3.8, 4) is 17.3 Å². The Morgan fingerprint density at radius 1 is 1.29 bits per heavy atom. The van der Waals surface area contributed by atoms with E-state index in [1.165, 1.54) is 31.3 Å². The van der Waals surface area contributed by atoms with Gasteiger partial charge in [-0.15, -0.1) is 0 Å². The number of pyridine rings is 1. The van der Waals surface area contributed by atoms with Crippen molar-refractivity contribution in [2.45, 2.75) is 12.8 Å². The van der Waals surface area contributed by atoms with E-state index >= 15 is 0 Å². The van der Waals surface area contributed by atoms with Crippen molar-refractivity contribution in [3.63, 3.8) is 0 Å². The van der Waals surface area contributed by atoms with Crippen molar-refractivity contribution in [2.75, 3.05) is 12.3 Å². The zero-order chi connectivity index (χ0) is 14.8. The van der Waals surface area contributed by atoms with Gasteiger partial charge >= 0.3 is 5.97 Å². The Balaban J connectivity index is 1.86. The SMILES string of the molecule is Nc1ccc(-c2cncc(OCC3CC3)n2)nc1C(=O)O. The van der Waals surface area contributed by atoms with Gasteiger partial charge in [0.15, 0.2) is 5.69 Å². The molecule has 0 atom stereocenters. The van der Waals surface area contributed by atoms with Crippen LogP contribution in [0.3, 0.4) is 0 Å². The Labute approximate surface area is 120 Å². The molecule has 1 aliphatic carbocycles. The highest BCUT2D eigenvalue weighted by Gasteiger charge is 2.22. The Morgan fingerprint density at radius 2 is 2.10 bits per heavy atom. The maximum Gasteiger partial charge on any atom is 0.356 e. The molecule has 3 N–H and O–H groups in total. The summed E-state index contributed by atoms with van der Waals surface area (Å²) >= 11 is 0. The van der Waals surface area contributed by atoms with Crippen LogP contribution in [-0.4, -0.2) is 32.6 Å². The first-order valence-corrected chi connectivity index (χ1v) is 6.58. The normalized spacial score (nSPS) is 13.9. The molecule has 0 aromatic carbocycles. The van der Waals surface area contributed by atoms with E-state index in [9.17, 15) is 4.79 Å². The van der Waals surface area contributed by atoms with Crippen LogP contribution in [0.5, 0.6) is 5.88 Å². The summed E-state index contributed by atoms with van der Waals surface area (Å²) in [5.41, 5.74) is 6.34. The fourth-order valence-corrected chi connectivity index (χ4v) is 1.81. The number of hydrogen-bond donors (Lipinski definition) is 2. The lowest BCUT2D eigenvalue weighted by molar-refractivity contribution is 0.0692. The second-order valence-electron chi connectivity index (χ2n) is 4.94. The highest BCUT2D eigenvalue weighted by molar-refractivity contribution is 5.91. The first kappa shape index (κ1) is 13.3. The van der Waals surface area contributed by atoms with E-state index in [1.54, 1.807) is 6.07 Å². The third kappa shape index (κ3) is 3.07. The molecule has 1 aliphatic rings. The van der Waals surface area contributed by atoms with Crippen molar-refractivity contribution in [1.29, 1.82) is 0 Å². The molecule has 1 saturated carbocycles. The number of nitrogens with two attached hydrogens (primary N) is 1. The number of aromatic nitrogens is 3. The lowest BCUT2D eigenvalue weighted by atomic mass is 10.2. The van der Waals surface area contributed by atoms with E-state index in [2.05, 4.69) is 15.0 Å². The number of nitrogens with zero attached hydrogens (tertiary/aromatic N) is 3. The summed E-state index contributed by atoms with van der Waals surface area (Å²) in [7, 11) is 0. The number of nitrogen functional groups attached to an aromatic ring is 1. The summed E-state index contributed by atoms with van der Waals surface area (Å²) < 4.78 is 5.55. The lowest BCUT2D eigenvalue weighted by Gasteiger charge is -2.07. The molecule has 2 heterocycles. The summed E-state index contributed by atoms with van der Waals surface area (Å²) in [5, 5.41) is 9.04. The van der Waals surface area contributed by atoms with Crippen molar-refractivity contribution in [1.82, 2.24) is 15.0 Å². The van der Waals surface area contributed by atoms with Gasteiger partial charge in [0.2, 0.25) is 5.88 Å². The zero-order valence-electron chi connectivity index (χ0n) is 11.2. The van der Waals surface area contributed by atoms with Crippen LogP contribution in [0.1, 0.15) is 23.3 Å². The molecule has 108 valence electrons. The van der Waals surface area contributed by atoms with Gasteiger partial charge in [0, 0.05) is 0 Å². The highest BCUT2D eigenvalue weighted by Crippen LogP contribution is 2.29. The predicted molar refractivity (Wildman–Crippen MR) is 74.9 cm³/mol. The largest absolute Gasteiger partial charge is 0.476 e. The highest BCUT2D eigenvalue weighted by atomic mass is 16.5. The van der Waals surface area contributed by atoms with E-state index < -0.39 is 5.97 Å². The Kier molecular flexibility index (Phi) is 3.39. The molecule has 7 heteroatoms. The van der Waals surface area contributed by atoms with Crippen LogP contribution in [0.2, 0.25) is 0 Å². The van der Waals surface area contributed by atoms with Gasteiger partial charge in [0.05, 0.1) is 30.4 Å².